The highest BCUT2D eigenvalue weighted by Crippen LogP contribution is 2.19. The van der Waals surface area contributed by atoms with Crippen LogP contribution in [0.15, 0.2) is 76.1 Å². The second-order valence-electron chi connectivity index (χ2n) is 6.89. The Labute approximate surface area is 196 Å². The van der Waals surface area contributed by atoms with Gasteiger partial charge in [-0.2, -0.15) is 0 Å². The van der Waals surface area contributed by atoms with Crippen molar-refractivity contribution in [3.63, 3.8) is 0 Å². The molecule has 2 aromatic carbocycles. The van der Waals surface area contributed by atoms with Crippen molar-refractivity contribution in [3.05, 3.63) is 71.8 Å². The fraction of sp³-hybridized carbons (Fsp3) is 0.318. The van der Waals surface area contributed by atoms with E-state index in [2.05, 4.69) is 50.3 Å². The summed E-state index contributed by atoms with van der Waals surface area (Å²) in [6.45, 7) is 2.56. The molecule has 1 fully saturated rings. The Balaban J connectivity index is 0.00000320. The van der Waals surface area contributed by atoms with E-state index in [1.807, 2.05) is 6.07 Å². The van der Waals surface area contributed by atoms with Crippen molar-refractivity contribution in [2.24, 2.45) is 4.99 Å². The lowest BCUT2D eigenvalue weighted by atomic mass is 10.0. The van der Waals surface area contributed by atoms with E-state index in [0.717, 1.165) is 31.9 Å². The summed E-state index contributed by atoms with van der Waals surface area (Å²) in [4.78, 5) is 6.84. The minimum atomic E-state index is -3.48. The number of piperidine rings is 1. The van der Waals surface area contributed by atoms with E-state index >= 15 is 0 Å². The number of benzene rings is 2. The highest BCUT2D eigenvalue weighted by atomic mass is 127. The molecule has 0 radical (unpaired) electrons. The lowest BCUT2D eigenvalue weighted by Crippen LogP contribution is -2.46. The van der Waals surface area contributed by atoms with Crippen LogP contribution in [0.2, 0.25) is 0 Å². The van der Waals surface area contributed by atoms with Gasteiger partial charge in [-0.3, -0.25) is 4.99 Å². The van der Waals surface area contributed by atoms with Crippen LogP contribution in [0.3, 0.4) is 0 Å². The first-order valence-corrected chi connectivity index (χ1v) is 11.3. The van der Waals surface area contributed by atoms with Gasteiger partial charge in [-0.25, -0.2) is 13.1 Å². The standard InChI is InChI=1S/C22H28N4O2S.HI/c1-23-22(24-14-15-25-29(27,28)21-10-6-3-7-11-21)26-16-12-20(13-17-26)18-19-8-4-2-5-9-19;/h2-11,18,25H,12-17H2,1H3,(H,23,24);1H. The molecule has 0 spiro atoms. The predicted octanol–water partition coefficient (Wildman–Crippen LogP) is 3.34. The molecule has 3 rings (SSSR count). The largest absolute Gasteiger partial charge is 0.355 e. The molecule has 8 heteroatoms. The number of nitrogens with zero attached hydrogens (tertiary/aromatic N) is 2. The van der Waals surface area contributed by atoms with Gasteiger partial charge >= 0.3 is 0 Å². The van der Waals surface area contributed by atoms with Crippen LogP contribution in [0.1, 0.15) is 18.4 Å². The molecule has 0 aromatic heterocycles. The van der Waals surface area contributed by atoms with E-state index in [4.69, 9.17) is 0 Å². The van der Waals surface area contributed by atoms with Crippen LogP contribution < -0.4 is 10.0 Å². The molecule has 0 aliphatic carbocycles. The van der Waals surface area contributed by atoms with Crippen LogP contribution in [0.4, 0.5) is 0 Å². The van der Waals surface area contributed by atoms with Gasteiger partial charge in [0.05, 0.1) is 4.90 Å². The number of guanidine groups is 1. The van der Waals surface area contributed by atoms with E-state index < -0.39 is 10.0 Å². The Kier molecular flexibility index (Phi) is 9.80. The van der Waals surface area contributed by atoms with Crippen LogP contribution in [0, 0.1) is 0 Å². The van der Waals surface area contributed by atoms with Crippen molar-refractivity contribution in [1.29, 1.82) is 0 Å². The van der Waals surface area contributed by atoms with Crippen molar-refractivity contribution in [2.75, 3.05) is 33.2 Å². The van der Waals surface area contributed by atoms with Crippen molar-refractivity contribution in [2.45, 2.75) is 17.7 Å². The number of hydrogen-bond donors (Lipinski definition) is 2. The highest BCUT2D eigenvalue weighted by Gasteiger charge is 2.17. The summed E-state index contributed by atoms with van der Waals surface area (Å²) in [6.07, 6.45) is 4.26. The Morgan fingerprint density at radius 3 is 2.20 bits per heavy atom. The van der Waals surface area contributed by atoms with Crippen LogP contribution >= 0.6 is 24.0 Å². The molecule has 0 bridgehead atoms. The molecular weight excluding hydrogens is 511 g/mol. The summed E-state index contributed by atoms with van der Waals surface area (Å²) in [5.41, 5.74) is 2.68. The molecule has 0 unspecified atom stereocenters. The quantitative estimate of drug-likeness (QED) is 0.255. The smallest absolute Gasteiger partial charge is 0.240 e. The lowest BCUT2D eigenvalue weighted by Gasteiger charge is -2.31. The maximum atomic E-state index is 12.2. The highest BCUT2D eigenvalue weighted by molar-refractivity contribution is 14.0. The molecule has 1 saturated heterocycles. The molecule has 1 heterocycles. The summed E-state index contributed by atoms with van der Waals surface area (Å²) >= 11 is 0. The third-order valence-electron chi connectivity index (χ3n) is 4.84. The first-order chi connectivity index (χ1) is 14.1. The minimum absolute atomic E-state index is 0. The van der Waals surface area contributed by atoms with Crippen molar-refractivity contribution < 1.29 is 8.42 Å². The SMILES string of the molecule is CN=C(NCCNS(=O)(=O)c1ccccc1)N1CCC(=Cc2ccccc2)CC1.I. The number of likely N-dealkylation sites (tertiary alicyclic amines) is 1. The van der Waals surface area contributed by atoms with E-state index in [1.165, 1.54) is 11.1 Å². The molecule has 0 amide bonds. The predicted molar refractivity (Wildman–Crippen MR) is 134 cm³/mol. The van der Waals surface area contributed by atoms with Gasteiger partial charge in [0.25, 0.3) is 0 Å². The second kappa shape index (κ2) is 12.1. The van der Waals surface area contributed by atoms with Crippen LogP contribution in [-0.2, 0) is 10.0 Å². The molecule has 1 aliphatic heterocycles. The number of halogens is 1. The van der Waals surface area contributed by atoms with Crippen LogP contribution in [0.5, 0.6) is 0 Å². The van der Waals surface area contributed by atoms with E-state index in [9.17, 15) is 8.42 Å². The Morgan fingerprint density at radius 1 is 1.00 bits per heavy atom. The third-order valence-corrected chi connectivity index (χ3v) is 6.32. The molecule has 0 atom stereocenters. The van der Waals surface area contributed by atoms with Gasteiger partial charge in [-0.1, -0.05) is 60.2 Å². The number of hydrogen-bond acceptors (Lipinski definition) is 3. The van der Waals surface area contributed by atoms with Gasteiger partial charge in [0.2, 0.25) is 10.0 Å². The average Bonchev–Trinajstić information content (AvgIpc) is 2.76. The monoisotopic (exact) mass is 540 g/mol. The van der Waals surface area contributed by atoms with Crippen LogP contribution in [0.25, 0.3) is 6.08 Å². The minimum Gasteiger partial charge on any atom is -0.355 e. The van der Waals surface area contributed by atoms with Gasteiger partial charge in [0.15, 0.2) is 5.96 Å². The number of nitrogens with one attached hydrogen (secondary N) is 2. The zero-order valence-electron chi connectivity index (χ0n) is 17.1. The fourth-order valence-electron chi connectivity index (χ4n) is 3.31. The fourth-order valence-corrected chi connectivity index (χ4v) is 4.36. The van der Waals surface area contributed by atoms with Crippen molar-refractivity contribution in [1.82, 2.24) is 14.9 Å². The van der Waals surface area contributed by atoms with E-state index in [1.54, 1.807) is 37.4 Å². The zero-order chi connectivity index (χ0) is 20.5. The van der Waals surface area contributed by atoms with Gasteiger partial charge in [-0.05, 0) is 30.5 Å². The third kappa shape index (κ3) is 7.10. The number of sulfonamides is 1. The molecule has 1 aliphatic rings. The summed E-state index contributed by atoms with van der Waals surface area (Å²) in [5, 5.41) is 3.26. The Bertz CT molecular complexity index is 938. The summed E-state index contributed by atoms with van der Waals surface area (Å²) in [6, 6.07) is 18.8. The van der Waals surface area contributed by atoms with Crippen molar-refractivity contribution in [3.8, 4) is 0 Å². The van der Waals surface area contributed by atoms with E-state index in [-0.39, 0.29) is 28.9 Å². The molecule has 30 heavy (non-hydrogen) atoms. The summed E-state index contributed by atoms with van der Waals surface area (Å²) in [7, 11) is -1.72. The maximum Gasteiger partial charge on any atom is 0.240 e. The first kappa shape index (κ1) is 24.4. The normalized spacial score (nSPS) is 14.8. The number of rotatable bonds is 6. The molecule has 2 aromatic rings. The van der Waals surface area contributed by atoms with Gasteiger partial charge in [0, 0.05) is 33.2 Å². The molecule has 2 N–H and O–H groups in total. The Morgan fingerprint density at radius 2 is 1.60 bits per heavy atom. The van der Waals surface area contributed by atoms with E-state index in [0.29, 0.717) is 13.1 Å². The topological polar surface area (TPSA) is 73.8 Å². The summed E-state index contributed by atoms with van der Waals surface area (Å²) in [5.74, 6) is 0.808. The maximum absolute atomic E-state index is 12.2. The molecule has 6 nitrogen and oxygen atoms in total. The van der Waals surface area contributed by atoms with Crippen LogP contribution in [-0.4, -0.2) is 52.5 Å². The summed E-state index contributed by atoms with van der Waals surface area (Å²) < 4.78 is 27.1. The first-order valence-electron chi connectivity index (χ1n) is 9.83. The zero-order valence-corrected chi connectivity index (χ0v) is 20.3. The van der Waals surface area contributed by atoms with Crippen molar-refractivity contribution >= 4 is 46.0 Å². The second-order valence-corrected chi connectivity index (χ2v) is 8.65. The lowest BCUT2D eigenvalue weighted by molar-refractivity contribution is 0.376. The average molecular weight is 540 g/mol. The van der Waals surface area contributed by atoms with Gasteiger partial charge < -0.3 is 10.2 Å². The molecule has 0 saturated carbocycles. The van der Waals surface area contributed by atoms with Gasteiger partial charge in [-0.15, -0.1) is 24.0 Å². The molecule has 162 valence electrons. The molecular formula is C22H29IN4O2S. The Hall–Kier alpha value is -1.91. The van der Waals surface area contributed by atoms with Gasteiger partial charge in [0.1, 0.15) is 0 Å². The number of aliphatic imine (C=N–C) groups is 1.